The van der Waals surface area contributed by atoms with Gasteiger partial charge in [0.1, 0.15) is 10.2 Å². The van der Waals surface area contributed by atoms with E-state index in [1.165, 1.54) is 31.2 Å². The number of benzene rings is 3. The zero-order chi connectivity index (χ0) is 27.9. The largest absolute Gasteiger partial charge is 0.326 e. The predicted molar refractivity (Wildman–Crippen MR) is 151 cm³/mol. The number of hydrogen-bond donors (Lipinski definition) is 3. The molecule has 0 saturated heterocycles. The Hall–Kier alpha value is -2.26. The summed E-state index contributed by atoms with van der Waals surface area (Å²) in [4.78, 5) is 37.4. The van der Waals surface area contributed by atoms with E-state index in [4.69, 9.17) is 69.6 Å². The molecule has 3 N–H and O–H groups in total. The van der Waals surface area contributed by atoms with Crippen molar-refractivity contribution in [2.24, 2.45) is 5.92 Å². The molecule has 1 fully saturated rings. The van der Waals surface area contributed by atoms with Gasteiger partial charge >= 0.3 is 0 Å². The number of carbonyl (C=O) groups excluding carboxylic acids is 3. The monoisotopic (exact) mass is 635 g/mol. The lowest BCUT2D eigenvalue weighted by atomic mass is 10.1. The fourth-order valence-corrected chi connectivity index (χ4v) is 5.77. The molecule has 3 aromatic carbocycles. The van der Waals surface area contributed by atoms with Crippen LogP contribution in [-0.2, 0) is 9.59 Å². The molecule has 0 spiro atoms. The molecule has 1 aliphatic rings. The number of rotatable bonds is 6. The van der Waals surface area contributed by atoms with E-state index in [0.29, 0.717) is 15.6 Å². The average Bonchev–Trinajstić information content (AvgIpc) is 3.41. The molecule has 0 aromatic heterocycles. The highest BCUT2D eigenvalue weighted by Gasteiger charge is 2.67. The van der Waals surface area contributed by atoms with Gasteiger partial charge in [-0.1, -0.05) is 46.4 Å². The van der Waals surface area contributed by atoms with Crippen LogP contribution in [0.4, 0.5) is 21.5 Å². The number of hydrogen-bond acceptors (Lipinski definition) is 3. The summed E-state index contributed by atoms with van der Waals surface area (Å²) in [5, 5.41) is 8.10. The van der Waals surface area contributed by atoms with Gasteiger partial charge in [-0.05, 0) is 54.1 Å². The summed E-state index contributed by atoms with van der Waals surface area (Å²) in [6, 6.07) is 11.3. The van der Waals surface area contributed by atoms with Gasteiger partial charge in [0, 0.05) is 28.6 Å². The normalized spacial score (nSPS) is 17.5. The maximum Gasteiger partial charge on any atom is 0.257 e. The highest BCUT2D eigenvalue weighted by molar-refractivity contribution is 6.53. The minimum absolute atomic E-state index is 0.0112. The van der Waals surface area contributed by atoms with Gasteiger partial charge in [-0.2, -0.15) is 0 Å². The standard InChI is InChI=1S/C25H16Cl6FN3O3/c1-10(36)33-22-17(32)4-5-18(21(22)29)35-23(37)15-9-14(2-3-16(15)28)34-24(38)20-19(25(20,30)31)11-6-12(26)8-13(27)7-11/h2-9,19-20H,1H3,(H,33,36)(H,34,38)(H,35,37)/t19-,20+/m0/s1. The number of amides is 3. The van der Waals surface area contributed by atoms with Crippen molar-refractivity contribution >= 4 is 104 Å². The summed E-state index contributed by atoms with van der Waals surface area (Å²) < 4.78 is 12.7. The van der Waals surface area contributed by atoms with Crippen LogP contribution in [0.1, 0.15) is 28.8 Å². The van der Waals surface area contributed by atoms with Gasteiger partial charge in [-0.3, -0.25) is 14.4 Å². The Bertz CT molecular complexity index is 1460. The number of carbonyl (C=O) groups is 3. The van der Waals surface area contributed by atoms with E-state index >= 15 is 0 Å². The Balaban J connectivity index is 1.53. The molecule has 0 heterocycles. The van der Waals surface area contributed by atoms with Gasteiger partial charge in [0.25, 0.3) is 5.91 Å². The lowest BCUT2D eigenvalue weighted by Gasteiger charge is -2.13. The van der Waals surface area contributed by atoms with E-state index in [9.17, 15) is 18.8 Å². The van der Waals surface area contributed by atoms with Crippen molar-refractivity contribution in [3.05, 3.63) is 85.6 Å². The molecular weight excluding hydrogens is 622 g/mol. The first-order chi connectivity index (χ1) is 17.8. The van der Waals surface area contributed by atoms with Crippen LogP contribution in [0, 0.1) is 11.7 Å². The van der Waals surface area contributed by atoms with E-state index < -0.39 is 39.7 Å². The molecular formula is C25H16Cl6FN3O3. The summed E-state index contributed by atoms with van der Waals surface area (Å²) >= 11 is 37.4. The van der Waals surface area contributed by atoms with Gasteiger partial charge < -0.3 is 16.0 Å². The van der Waals surface area contributed by atoms with Gasteiger partial charge in [-0.15, -0.1) is 23.2 Å². The fourth-order valence-electron chi connectivity index (χ4n) is 3.95. The van der Waals surface area contributed by atoms with Crippen molar-refractivity contribution in [3.8, 4) is 0 Å². The van der Waals surface area contributed by atoms with E-state index in [2.05, 4.69) is 16.0 Å². The van der Waals surface area contributed by atoms with Crippen molar-refractivity contribution in [3.63, 3.8) is 0 Å². The van der Waals surface area contributed by atoms with Crippen molar-refractivity contribution in [1.29, 1.82) is 0 Å². The third-order valence-corrected chi connectivity index (χ3v) is 7.80. The lowest BCUT2D eigenvalue weighted by Crippen LogP contribution is -2.18. The molecule has 4 rings (SSSR count). The summed E-state index contributed by atoms with van der Waals surface area (Å²) in [6.07, 6.45) is 0. The summed E-state index contributed by atoms with van der Waals surface area (Å²) in [5.41, 5.74) is 0.589. The Morgan fingerprint density at radius 2 is 1.53 bits per heavy atom. The molecule has 2 atom stereocenters. The molecule has 0 radical (unpaired) electrons. The summed E-state index contributed by atoms with van der Waals surface area (Å²) in [7, 11) is 0. The van der Waals surface area contributed by atoms with E-state index in [0.717, 1.165) is 6.07 Å². The summed E-state index contributed by atoms with van der Waals surface area (Å²) in [6.45, 7) is 1.19. The van der Waals surface area contributed by atoms with Crippen molar-refractivity contribution in [2.45, 2.75) is 17.2 Å². The predicted octanol–water partition coefficient (Wildman–Crippen LogP) is 8.18. The zero-order valence-corrected chi connectivity index (χ0v) is 23.7. The van der Waals surface area contributed by atoms with Gasteiger partial charge in [0.2, 0.25) is 11.8 Å². The van der Waals surface area contributed by atoms with Gasteiger partial charge in [0.15, 0.2) is 0 Å². The third kappa shape index (κ3) is 5.98. The van der Waals surface area contributed by atoms with Gasteiger partial charge in [0.05, 0.1) is 32.9 Å². The molecule has 6 nitrogen and oxygen atoms in total. The van der Waals surface area contributed by atoms with Gasteiger partial charge in [-0.25, -0.2) is 4.39 Å². The highest BCUT2D eigenvalue weighted by atomic mass is 35.5. The van der Waals surface area contributed by atoms with Crippen molar-refractivity contribution in [1.82, 2.24) is 0 Å². The molecule has 0 unspecified atom stereocenters. The second-order valence-corrected chi connectivity index (χ2v) is 11.5. The molecule has 38 heavy (non-hydrogen) atoms. The lowest BCUT2D eigenvalue weighted by molar-refractivity contribution is -0.117. The maximum absolute atomic E-state index is 14.1. The highest BCUT2D eigenvalue weighted by Crippen LogP contribution is 2.65. The second kappa shape index (κ2) is 11.1. The van der Waals surface area contributed by atoms with Crippen molar-refractivity contribution in [2.75, 3.05) is 16.0 Å². The van der Waals surface area contributed by atoms with Crippen LogP contribution < -0.4 is 16.0 Å². The smallest absolute Gasteiger partial charge is 0.257 e. The maximum atomic E-state index is 14.1. The number of alkyl halides is 2. The molecule has 13 heteroatoms. The number of halogens is 7. The van der Waals surface area contributed by atoms with Crippen LogP contribution in [0.5, 0.6) is 0 Å². The van der Waals surface area contributed by atoms with E-state index in [-0.39, 0.29) is 32.7 Å². The SMILES string of the molecule is CC(=O)Nc1c(F)ccc(NC(=O)c2cc(NC(=O)[C@H]3[C@H](c4cc(Cl)cc(Cl)c4)C3(Cl)Cl)ccc2Cl)c1Cl. The van der Waals surface area contributed by atoms with E-state index in [1.54, 1.807) is 18.2 Å². The zero-order valence-electron chi connectivity index (χ0n) is 19.1. The van der Waals surface area contributed by atoms with Crippen molar-refractivity contribution < 1.29 is 18.8 Å². The summed E-state index contributed by atoms with van der Waals surface area (Å²) in [5.74, 6) is -3.90. The number of anilines is 3. The van der Waals surface area contributed by atoms with E-state index in [1.807, 2.05) is 0 Å². The molecule has 1 saturated carbocycles. The Morgan fingerprint density at radius 1 is 0.868 bits per heavy atom. The third-order valence-electron chi connectivity index (χ3n) is 5.70. The van der Waals surface area contributed by atoms with Crippen LogP contribution in [-0.4, -0.2) is 22.1 Å². The van der Waals surface area contributed by atoms with Crippen LogP contribution in [0.3, 0.4) is 0 Å². The first kappa shape index (κ1) is 28.7. The van der Waals surface area contributed by atoms with Crippen LogP contribution in [0.15, 0.2) is 48.5 Å². The first-order valence-corrected chi connectivity index (χ1v) is 13.1. The topological polar surface area (TPSA) is 87.3 Å². The van der Waals surface area contributed by atoms with Crippen LogP contribution in [0.25, 0.3) is 0 Å². The van der Waals surface area contributed by atoms with Crippen LogP contribution >= 0.6 is 69.6 Å². The molecule has 198 valence electrons. The van der Waals surface area contributed by atoms with Crippen LogP contribution in [0.2, 0.25) is 20.1 Å². The Labute approximate surface area is 246 Å². The second-order valence-electron chi connectivity index (χ2n) is 8.44. The quantitative estimate of drug-likeness (QED) is 0.238. The Morgan fingerprint density at radius 3 is 2.16 bits per heavy atom. The average molecular weight is 638 g/mol. The Kier molecular flexibility index (Phi) is 8.38. The molecule has 1 aliphatic carbocycles. The molecule has 3 aromatic rings. The first-order valence-electron chi connectivity index (χ1n) is 10.8. The molecule has 0 bridgehead atoms. The fraction of sp³-hybridized carbons (Fsp3) is 0.160. The molecule has 0 aliphatic heterocycles. The molecule has 3 amide bonds. The minimum atomic E-state index is -1.39. The number of nitrogens with one attached hydrogen (secondary N) is 3. The minimum Gasteiger partial charge on any atom is -0.326 e.